The zero-order valence-corrected chi connectivity index (χ0v) is 14.3. The monoisotopic (exact) mass is 318 g/mol. The quantitative estimate of drug-likeness (QED) is 0.837. The van der Waals surface area contributed by atoms with Gasteiger partial charge in [0.1, 0.15) is 0 Å². The molecule has 118 valence electrons. The number of nitrogens with two attached hydrogens (primary N) is 1. The first-order chi connectivity index (χ1) is 9.86. The van der Waals surface area contributed by atoms with Gasteiger partial charge in [0, 0.05) is 11.3 Å². The molecule has 2 rings (SSSR count). The van der Waals surface area contributed by atoms with Crippen molar-refractivity contribution in [2.24, 2.45) is 0 Å². The molecule has 0 saturated carbocycles. The third-order valence-corrected chi connectivity index (χ3v) is 3.60. The van der Waals surface area contributed by atoms with E-state index in [1.54, 1.807) is 12.1 Å². The van der Waals surface area contributed by atoms with Crippen LogP contribution >= 0.6 is 12.4 Å². The maximum absolute atomic E-state index is 12.4. The molecule has 0 aliphatic heterocycles. The predicted octanol–water partition coefficient (Wildman–Crippen LogP) is 4.11. The van der Waals surface area contributed by atoms with Crippen molar-refractivity contribution in [3.8, 4) is 0 Å². The summed E-state index contributed by atoms with van der Waals surface area (Å²) in [4.78, 5) is 12.4. The lowest BCUT2D eigenvalue weighted by Crippen LogP contribution is -2.27. The molecule has 0 radical (unpaired) electrons. The third kappa shape index (κ3) is 4.25. The molecule has 0 spiro atoms. The van der Waals surface area contributed by atoms with Crippen LogP contribution < -0.4 is 11.1 Å². The van der Waals surface area contributed by atoms with Gasteiger partial charge in [0.2, 0.25) is 0 Å². The summed E-state index contributed by atoms with van der Waals surface area (Å²) in [6.07, 6.45) is 0. The molecule has 0 aliphatic carbocycles. The van der Waals surface area contributed by atoms with Gasteiger partial charge in [0.05, 0.1) is 6.04 Å². The Bertz CT molecular complexity index is 663. The second-order valence-electron chi connectivity index (χ2n) is 5.69. The highest BCUT2D eigenvalue weighted by Gasteiger charge is 2.14. The van der Waals surface area contributed by atoms with Crippen molar-refractivity contribution in [2.75, 3.05) is 5.73 Å². The molecule has 3 nitrogen and oxygen atoms in total. The van der Waals surface area contributed by atoms with E-state index in [-0.39, 0.29) is 24.4 Å². The van der Waals surface area contributed by atoms with Gasteiger partial charge >= 0.3 is 0 Å². The van der Waals surface area contributed by atoms with Gasteiger partial charge in [0.25, 0.3) is 5.91 Å². The van der Waals surface area contributed by atoms with Gasteiger partial charge in [-0.15, -0.1) is 12.4 Å². The van der Waals surface area contributed by atoms with E-state index in [1.165, 1.54) is 11.1 Å². The second kappa shape index (κ2) is 7.32. The average molecular weight is 319 g/mol. The molecule has 1 atom stereocenters. The molecule has 2 aromatic carbocycles. The highest BCUT2D eigenvalue weighted by molar-refractivity contribution is 5.96. The zero-order valence-electron chi connectivity index (χ0n) is 13.4. The van der Waals surface area contributed by atoms with Crippen molar-refractivity contribution in [3.63, 3.8) is 0 Å². The lowest BCUT2D eigenvalue weighted by atomic mass is 10.0. The molecular formula is C18H23ClN2O. The summed E-state index contributed by atoms with van der Waals surface area (Å²) in [5.41, 5.74) is 11.4. The topological polar surface area (TPSA) is 55.1 Å². The van der Waals surface area contributed by atoms with Crippen molar-refractivity contribution in [1.82, 2.24) is 5.32 Å². The Morgan fingerprint density at radius 2 is 1.64 bits per heavy atom. The summed E-state index contributed by atoms with van der Waals surface area (Å²) >= 11 is 0. The number of hydrogen-bond acceptors (Lipinski definition) is 2. The van der Waals surface area contributed by atoms with Gasteiger partial charge < -0.3 is 11.1 Å². The minimum absolute atomic E-state index is 0. The predicted molar refractivity (Wildman–Crippen MR) is 94.6 cm³/mol. The van der Waals surface area contributed by atoms with Crippen LogP contribution in [0.1, 0.15) is 45.6 Å². The molecule has 22 heavy (non-hydrogen) atoms. The molecule has 1 amide bonds. The molecule has 1 unspecified atom stereocenters. The van der Waals surface area contributed by atoms with Gasteiger partial charge in [-0.05, 0) is 51.0 Å². The normalized spacial score (nSPS) is 11.5. The Labute approximate surface area is 138 Å². The number of anilines is 1. The SMILES string of the molecule is Cc1cc(C)cc(C(C)NC(=O)c2cc(N)ccc2C)c1.Cl. The van der Waals surface area contributed by atoms with Crippen LogP contribution in [0.2, 0.25) is 0 Å². The van der Waals surface area contributed by atoms with Crippen LogP contribution in [0.25, 0.3) is 0 Å². The molecule has 0 aromatic heterocycles. The second-order valence-corrected chi connectivity index (χ2v) is 5.69. The van der Waals surface area contributed by atoms with Crippen LogP contribution in [0, 0.1) is 20.8 Å². The lowest BCUT2D eigenvalue weighted by Gasteiger charge is -2.17. The number of carbonyl (C=O) groups is 1. The zero-order chi connectivity index (χ0) is 15.6. The lowest BCUT2D eigenvalue weighted by molar-refractivity contribution is 0.0939. The molecule has 2 aromatic rings. The maximum Gasteiger partial charge on any atom is 0.252 e. The van der Waals surface area contributed by atoms with Crippen molar-refractivity contribution in [2.45, 2.75) is 33.7 Å². The summed E-state index contributed by atoms with van der Waals surface area (Å²) in [6, 6.07) is 11.7. The van der Waals surface area contributed by atoms with E-state index >= 15 is 0 Å². The van der Waals surface area contributed by atoms with Gasteiger partial charge in [-0.3, -0.25) is 4.79 Å². The fourth-order valence-corrected chi connectivity index (χ4v) is 2.50. The first-order valence-electron chi connectivity index (χ1n) is 7.12. The molecule has 0 saturated heterocycles. The number of benzene rings is 2. The number of hydrogen-bond donors (Lipinski definition) is 2. The van der Waals surface area contributed by atoms with Crippen molar-refractivity contribution < 1.29 is 4.79 Å². The van der Waals surface area contributed by atoms with Crippen molar-refractivity contribution in [3.05, 3.63) is 64.2 Å². The standard InChI is InChI=1S/C18H22N2O.ClH/c1-11-7-12(2)9-15(8-11)14(4)20-18(21)17-10-16(19)6-5-13(17)3;/h5-10,14H,19H2,1-4H3,(H,20,21);1H. The van der Waals surface area contributed by atoms with Gasteiger partial charge in [-0.2, -0.15) is 0 Å². The van der Waals surface area contributed by atoms with E-state index in [2.05, 4.69) is 37.4 Å². The molecule has 3 N–H and O–H groups in total. The summed E-state index contributed by atoms with van der Waals surface area (Å²) in [7, 11) is 0. The highest BCUT2D eigenvalue weighted by atomic mass is 35.5. The smallest absolute Gasteiger partial charge is 0.252 e. The summed E-state index contributed by atoms with van der Waals surface area (Å²) in [5.74, 6) is -0.0912. The molecule has 0 aliphatic rings. The van der Waals surface area contributed by atoms with Crippen molar-refractivity contribution in [1.29, 1.82) is 0 Å². The molecule has 0 bridgehead atoms. The minimum Gasteiger partial charge on any atom is -0.399 e. The van der Waals surface area contributed by atoms with Crippen LogP contribution in [0.15, 0.2) is 36.4 Å². The van der Waals surface area contributed by atoms with Crippen LogP contribution in [0.3, 0.4) is 0 Å². The molecular weight excluding hydrogens is 296 g/mol. The number of aryl methyl sites for hydroxylation is 3. The Kier molecular flexibility index (Phi) is 6.01. The van der Waals surface area contributed by atoms with E-state index < -0.39 is 0 Å². The fourth-order valence-electron chi connectivity index (χ4n) is 2.50. The number of nitrogens with one attached hydrogen (secondary N) is 1. The Hall–Kier alpha value is -2.00. The van der Waals surface area contributed by atoms with Crippen molar-refractivity contribution >= 4 is 24.0 Å². The van der Waals surface area contributed by atoms with Crippen LogP contribution in [0.5, 0.6) is 0 Å². The molecule has 0 fully saturated rings. The highest BCUT2D eigenvalue weighted by Crippen LogP contribution is 2.18. The van der Waals surface area contributed by atoms with Gasteiger partial charge in [-0.25, -0.2) is 0 Å². The minimum atomic E-state index is -0.0912. The summed E-state index contributed by atoms with van der Waals surface area (Å²) < 4.78 is 0. The Morgan fingerprint density at radius 1 is 1.05 bits per heavy atom. The number of carbonyl (C=O) groups excluding carboxylic acids is 1. The van der Waals surface area contributed by atoms with E-state index in [0.29, 0.717) is 11.3 Å². The number of amides is 1. The molecule has 4 heteroatoms. The average Bonchev–Trinajstić information content (AvgIpc) is 2.40. The molecule has 0 heterocycles. The van der Waals surface area contributed by atoms with E-state index in [4.69, 9.17) is 5.73 Å². The van der Waals surface area contributed by atoms with E-state index in [9.17, 15) is 4.79 Å². The summed E-state index contributed by atoms with van der Waals surface area (Å²) in [5, 5.41) is 3.04. The van der Waals surface area contributed by atoms with Crippen LogP contribution in [0.4, 0.5) is 5.69 Å². The van der Waals surface area contributed by atoms with Crippen LogP contribution in [-0.2, 0) is 0 Å². The largest absolute Gasteiger partial charge is 0.399 e. The first kappa shape index (κ1) is 18.1. The number of halogens is 1. The Morgan fingerprint density at radius 3 is 2.23 bits per heavy atom. The fraction of sp³-hybridized carbons (Fsp3) is 0.278. The maximum atomic E-state index is 12.4. The summed E-state index contributed by atoms with van der Waals surface area (Å²) in [6.45, 7) is 8.03. The Balaban J connectivity index is 0.00000242. The van der Waals surface area contributed by atoms with Gasteiger partial charge in [-0.1, -0.05) is 35.4 Å². The number of nitrogen functional groups attached to an aromatic ring is 1. The van der Waals surface area contributed by atoms with E-state index in [0.717, 1.165) is 11.1 Å². The van der Waals surface area contributed by atoms with Crippen LogP contribution in [-0.4, -0.2) is 5.91 Å². The van der Waals surface area contributed by atoms with E-state index in [1.807, 2.05) is 19.9 Å². The number of rotatable bonds is 3. The van der Waals surface area contributed by atoms with Gasteiger partial charge in [0.15, 0.2) is 0 Å². The third-order valence-electron chi connectivity index (χ3n) is 3.60. The first-order valence-corrected chi connectivity index (χ1v) is 7.12.